The lowest BCUT2D eigenvalue weighted by atomic mass is 10.0. The molecule has 0 amide bonds. The first-order valence-corrected chi connectivity index (χ1v) is 8.95. The van der Waals surface area contributed by atoms with Gasteiger partial charge in [0.15, 0.2) is 0 Å². The molecule has 1 unspecified atom stereocenters. The van der Waals surface area contributed by atoms with Gasteiger partial charge in [-0.15, -0.1) is 0 Å². The Hall–Kier alpha value is -0.380. The molecule has 0 heterocycles. The predicted molar refractivity (Wildman–Crippen MR) is 94.5 cm³/mol. The summed E-state index contributed by atoms with van der Waals surface area (Å²) in [4.78, 5) is 2.55. The molecular formula is C18H30BrNO. The van der Waals surface area contributed by atoms with E-state index >= 15 is 0 Å². The largest absolute Gasteiger partial charge is 0.388 e. The molecule has 1 N–H and O–H groups in total. The third kappa shape index (κ3) is 6.09. The Morgan fingerprint density at radius 2 is 1.76 bits per heavy atom. The Kier molecular flexibility index (Phi) is 8.53. The molecule has 1 atom stereocenters. The summed E-state index contributed by atoms with van der Waals surface area (Å²) in [5.74, 6) is 0.659. The molecule has 21 heavy (non-hydrogen) atoms. The lowest BCUT2D eigenvalue weighted by molar-refractivity contribution is 0.111. The molecule has 0 aliphatic carbocycles. The quantitative estimate of drug-likeness (QED) is 0.672. The van der Waals surface area contributed by atoms with Crippen molar-refractivity contribution < 1.29 is 5.11 Å². The molecule has 0 aliphatic heterocycles. The summed E-state index contributed by atoms with van der Waals surface area (Å²) in [6.45, 7) is 11.1. The smallest absolute Gasteiger partial charge is 0.0813 e. The summed E-state index contributed by atoms with van der Waals surface area (Å²) in [6, 6.07) is 8.58. The highest BCUT2D eigenvalue weighted by molar-refractivity contribution is 9.10. The van der Waals surface area contributed by atoms with Crippen molar-refractivity contribution in [2.75, 3.05) is 13.1 Å². The van der Waals surface area contributed by atoms with E-state index in [2.05, 4.69) is 48.5 Å². The predicted octanol–water partition coefficient (Wildman–Crippen LogP) is 5.02. The van der Waals surface area contributed by atoms with Crippen molar-refractivity contribution in [3.05, 3.63) is 34.3 Å². The zero-order valence-corrected chi connectivity index (χ0v) is 15.4. The van der Waals surface area contributed by atoms with Crippen LogP contribution in [0.5, 0.6) is 0 Å². The van der Waals surface area contributed by atoms with Crippen molar-refractivity contribution in [2.24, 2.45) is 5.92 Å². The van der Waals surface area contributed by atoms with Crippen molar-refractivity contribution in [1.29, 1.82) is 0 Å². The van der Waals surface area contributed by atoms with E-state index in [9.17, 15) is 5.11 Å². The SMILES string of the molecule is CCC(CC)N(CCC(O)c1ccccc1Br)CC(C)C. The number of hydrogen-bond donors (Lipinski definition) is 1. The average molecular weight is 356 g/mol. The van der Waals surface area contributed by atoms with E-state index in [4.69, 9.17) is 0 Å². The van der Waals surface area contributed by atoms with Gasteiger partial charge >= 0.3 is 0 Å². The number of rotatable bonds is 9. The van der Waals surface area contributed by atoms with E-state index in [-0.39, 0.29) is 0 Å². The summed E-state index contributed by atoms with van der Waals surface area (Å²) in [6.07, 6.45) is 2.73. The first kappa shape index (κ1) is 18.7. The number of nitrogens with zero attached hydrogens (tertiary/aromatic N) is 1. The second-order valence-corrected chi connectivity index (χ2v) is 7.04. The van der Waals surface area contributed by atoms with Crippen LogP contribution in [0.15, 0.2) is 28.7 Å². The van der Waals surface area contributed by atoms with Gasteiger partial charge in [0.2, 0.25) is 0 Å². The van der Waals surface area contributed by atoms with Crippen LogP contribution in [0.4, 0.5) is 0 Å². The van der Waals surface area contributed by atoms with Crippen LogP contribution in [-0.4, -0.2) is 29.1 Å². The summed E-state index contributed by atoms with van der Waals surface area (Å²) in [5, 5.41) is 10.5. The molecule has 0 saturated heterocycles. The molecule has 0 saturated carbocycles. The molecule has 3 heteroatoms. The van der Waals surface area contributed by atoms with E-state index in [1.54, 1.807) is 0 Å². The molecule has 1 aromatic rings. The second kappa shape index (κ2) is 9.60. The van der Waals surface area contributed by atoms with Crippen molar-refractivity contribution in [2.45, 2.75) is 59.1 Å². The molecule has 120 valence electrons. The number of hydrogen-bond acceptors (Lipinski definition) is 2. The van der Waals surface area contributed by atoms with Crippen LogP contribution >= 0.6 is 15.9 Å². The van der Waals surface area contributed by atoms with Crippen molar-refractivity contribution in [3.63, 3.8) is 0 Å². The van der Waals surface area contributed by atoms with E-state index in [0.29, 0.717) is 12.0 Å². The van der Waals surface area contributed by atoms with Crippen LogP contribution in [0.3, 0.4) is 0 Å². The number of aliphatic hydroxyl groups is 1. The fourth-order valence-electron chi connectivity index (χ4n) is 2.89. The van der Waals surface area contributed by atoms with E-state index in [0.717, 1.165) is 29.5 Å². The second-order valence-electron chi connectivity index (χ2n) is 6.19. The lowest BCUT2D eigenvalue weighted by Gasteiger charge is -2.32. The van der Waals surface area contributed by atoms with Gasteiger partial charge in [-0.3, -0.25) is 0 Å². The number of halogens is 1. The maximum atomic E-state index is 10.5. The molecule has 0 aromatic heterocycles. The highest BCUT2D eigenvalue weighted by Gasteiger charge is 2.18. The van der Waals surface area contributed by atoms with E-state index in [1.807, 2.05) is 24.3 Å². The fraction of sp³-hybridized carbons (Fsp3) is 0.667. The molecular weight excluding hydrogens is 326 g/mol. The van der Waals surface area contributed by atoms with E-state index in [1.165, 1.54) is 12.8 Å². The summed E-state index contributed by atoms with van der Waals surface area (Å²) >= 11 is 3.53. The molecule has 0 aliphatic rings. The minimum atomic E-state index is -0.399. The minimum Gasteiger partial charge on any atom is -0.388 e. The average Bonchev–Trinajstić information content (AvgIpc) is 2.45. The standard InChI is InChI=1S/C18H30BrNO/c1-5-15(6-2)20(13-14(3)4)12-11-18(21)16-9-7-8-10-17(16)19/h7-10,14-15,18,21H,5-6,11-13H2,1-4H3. The van der Waals surface area contributed by atoms with Gasteiger partial charge in [-0.25, -0.2) is 0 Å². The molecule has 1 rings (SSSR count). The van der Waals surface area contributed by atoms with Gasteiger partial charge in [-0.1, -0.05) is 61.8 Å². The van der Waals surface area contributed by atoms with E-state index < -0.39 is 6.10 Å². The van der Waals surface area contributed by atoms with Crippen LogP contribution in [-0.2, 0) is 0 Å². The number of aliphatic hydroxyl groups excluding tert-OH is 1. The monoisotopic (exact) mass is 355 g/mol. The van der Waals surface area contributed by atoms with Crippen molar-refractivity contribution in [1.82, 2.24) is 4.90 Å². The first-order chi connectivity index (χ1) is 9.99. The topological polar surface area (TPSA) is 23.5 Å². The van der Waals surface area contributed by atoms with Gasteiger partial charge in [-0.05, 0) is 36.8 Å². The minimum absolute atomic E-state index is 0.399. The Morgan fingerprint density at radius 3 is 2.29 bits per heavy atom. The Balaban J connectivity index is 2.65. The molecule has 2 nitrogen and oxygen atoms in total. The zero-order valence-electron chi connectivity index (χ0n) is 13.8. The van der Waals surface area contributed by atoms with Crippen LogP contribution < -0.4 is 0 Å². The molecule has 0 radical (unpaired) electrons. The summed E-state index contributed by atoms with van der Waals surface area (Å²) in [5.41, 5.74) is 0.992. The van der Waals surface area contributed by atoms with Crippen molar-refractivity contribution >= 4 is 15.9 Å². The number of benzene rings is 1. The van der Waals surface area contributed by atoms with Crippen LogP contribution in [0.2, 0.25) is 0 Å². The van der Waals surface area contributed by atoms with Crippen LogP contribution in [0.1, 0.15) is 58.6 Å². The first-order valence-electron chi connectivity index (χ1n) is 8.16. The van der Waals surface area contributed by atoms with Gasteiger partial charge in [0.25, 0.3) is 0 Å². The van der Waals surface area contributed by atoms with Gasteiger partial charge < -0.3 is 10.0 Å². The Labute approximate surface area is 138 Å². The molecule has 0 spiro atoms. The van der Waals surface area contributed by atoms with Gasteiger partial charge in [-0.2, -0.15) is 0 Å². The lowest BCUT2D eigenvalue weighted by Crippen LogP contribution is -2.38. The maximum absolute atomic E-state index is 10.5. The highest BCUT2D eigenvalue weighted by Crippen LogP contribution is 2.26. The Bertz CT molecular complexity index is 404. The summed E-state index contributed by atoms with van der Waals surface area (Å²) in [7, 11) is 0. The van der Waals surface area contributed by atoms with Gasteiger partial charge in [0.05, 0.1) is 6.10 Å². The van der Waals surface area contributed by atoms with Gasteiger partial charge in [0.1, 0.15) is 0 Å². The molecule has 0 fully saturated rings. The fourth-order valence-corrected chi connectivity index (χ4v) is 3.43. The normalized spacial score (nSPS) is 13.4. The third-order valence-corrected chi connectivity index (χ3v) is 4.73. The van der Waals surface area contributed by atoms with Crippen molar-refractivity contribution in [3.8, 4) is 0 Å². The van der Waals surface area contributed by atoms with Crippen LogP contribution in [0, 0.1) is 5.92 Å². The molecule has 0 bridgehead atoms. The van der Waals surface area contributed by atoms with Gasteiger partial charge in [0, 0.05) is 23.6 Å². The third-order valence-electron chi connectivity index (χ3n) is 4.01. The highest BCUT2D eigenvalue weighted by atomic mass is 79.9. The maximum Gasteiger partial charge on any atom is 0.0813 e. The summed E-state index contributed by atoms with van der Waals surface area (Å²) < 4.78 is 0.996. The molecule has 1 aromatic carbocycles. The zero-order chi connectivity index (χ0) is 15.8. The van der Waals surface area contributed by atoms with Crippen LogP contribution in [0.25, 0.3) is 0 Å². The Morgan fingerprint density at radius 1 is 1.14 bits per heavy atom.